The van der Waals surface area contributed by atoms with E-state index in [2.05, 4.69) is 45.6 Å². The fourth-order valence-corrected chi connectivity index (χ4v) is 10.3. The molecule has 0 amide bonds. The molecule has 4 N–H and O–H groups in total. The highest BCUT2D eigenvalue weighted by molar-refractivity contribution is 5.55. The smallest absolute Gasteiger partial charge is 0.399 e. The Morgan fingerprint density at radius 3 is 2.10 bits per heavy atom. The minimum Gasteiger partial charge on any atom is -0.399 e. The molecule has 0 bridgehead atoms. The Bertz CT molecular complexity index is 1370. The van der Waals surface area contributed by atoms with Gasteiger partial charge in [-0.2, -0.15) is 40.0 Å². The molecule has 0 saturated heterocycles. The Morgan fingerprint density at radius 2 is 1.47 bits per heavy atom. The van der Waals surface area contributed by atoms with Crippen LogP contribution in [0, 0.1) is 46.3 Å². The lowest BCUT2D eigenvalue weighted by molar-refractivity contribution is -0.524. The zero-order valence-corrected chi connectivity index (χ0v) is 29.1. The lowest BCUT2D eigenvalue weighted by Crippen LogP contribution is -2.62. The van der Waals surface area contributed by atoms with E-state index in [0.717, 1.165) is 30.9 Å². The van der Waals surface area contributed by atoms with Crippen molar-refractivity contribution in [3.05, 3.63) is 35.4 Å². The Morgan fingerprint density at radius 1 is 0.816 bits per heavy atom. The molecule has 1 aromatic carbocycles. The quantitative estimate of drug-likeness (QED) is 0.0746. The van der Waals surface area contributed by atoms with Gasteiger partial charge in [0.25, 0.3) is 0 Å². The average molecular weight is 709 g/mol. The number of alkyl halides is 8. The molecule has 0 aromatic heterocycles. The Balaban J connectivity index is 1.24. The Labute approximate surface area is 284 Å². The van der Waals surface area contributed by atoms with Crippen molar-refractivity contribution in [2.75, 3.05) is 11.5 Å². The van der Waals surface area contributed by atoms with Crippen LogP contribution >= 0.6 is 0 Å². The van der Waals surface area contributed by atoms with Crippen LogP contribution in [0.1, 0.15) is 111 Å². The maximum atomic E-state index is 14.7. The average Bonchev–Trinajstić information content (AvgIpc) is 3.36. The second-order valence-electron chi connectivity index (χ2n) is 16.5. The van der Waals surface area contributed by atoms with Gasteiger partial charge in [0.1, 0.15) is 0 Å². The molecule has 0 heterocycles. The van der Waals surface area contributed by atoms with Gasteiger partial charge in [-0.25, -0.2) is 4.89 Å². The first-order chi connectivity index (χ1) is 22.6. The van der Waals surface area contributed by atoms with E-state index >= 15 is 0 Å². The summed E-state index contributed by atoms with van der Waals surface area (Å²) >= 11 is 0. The maximum Gasteiger partial charge on any atom is 0.451 e. The number of hydrogen-bond acceptors (Lipinski definition) is 4. The predicted octanol–water partition coefficient (Wildman–Crippen LogP) is 11.2. The van der Waals surface area contributed by atoms with Gasteiger partial charge in [0.05, 0.1) is 6.10 Å². The van der Waals surface area contributed by atoms with E-state index in [9.17, 15) is 35.1 Å². The molecule has 5 rings (SSSR count). The van der Waals surface area contributed by atoms with Gasteiger partial charge in [0.2, 0.25) is 0 Å². The number of rotatable bonds is 12. The second-order valence-corrected chi connectivity index (χ2v) is 16.5. The topological polar surface area (TPSA) is 70.5 Å². The number of nitrogens with two attached hydrogens (primary N) is 2. The third-order valence-electron chi connectivity index (χ3n) is 13.0. The summed E-state index contributed by atoms with van der Waals surface area (Å²) in [6.45, 7) is 11.6. The molecular weight excluding hydrogens is 656 g/mol. The molecule has 4 aliphatic rings. The van der Waals surface area contributed by atoms with E-state index in [1.165, 1.54) is 32.1 Å². The van der Waals surface area contributed by atoms with Crippen LogP contribution in [0.25, 0.3) is 0 Å². The molecule has 278 valence electrons. The highest BCUT2D eigenvalue weighted by Crippen LogP contribution is 2.67. The second kappa shape index (κ2) is 13.2. The van der Waals surface area contributed by atoms with E-state index in [-0.39, 0.29) is 35.8 Å². The summed E-state index contributed by atoms with van der Waals surface area (Å²) < 4.78 is 118. The van der Waals surface area contributed by atoms with Gasteiger partial charge in [-0.05, 0) is 116 Å². The minimum absolute atomic E-state index is 0.0912. The van der Waals surface area contributed by atoms with Crippen molar-refractivity contribution in [1.29, 1.82) is 0 Å². The summed E-state index contributed by atoms with van der Waals surface area (Å²) in [5, 5.41) is 0. The summed E-state index contributed by atoms with van der Waals surface area (Å²) in [6.07, 6.45) is 4.77. The summed E-state index contributed by atoms with van der Waals surface area (Å²) in [7, 11) is 0. The predicted molar refractivity (Wildman–Crippen MR) is 173 cm³/mol. The van der Waals surface area contributed by atoms with Crippen LogP contribution in [0.2, 0.25) is 0 Å². The van der Waals surface area contributed by atoms with E-state index in [4.69, 9.17) is 16.4 Å². The largest absolute Gasteiger partial charge is 0.451 e. The van der Waals surface area contributed by atoms with Crippen molar-refractivity contribution in [3.8, 4) is 0 Å². The van der Waals surface area contributed by atoms with Crippen LogP contribution in [0.4, 0.5) is 46.5 Å². The fourth-order valence-electron chi connectivity index (χ4n) is 10.3. The van der Waals surface area contributed by atoms with Crippen LogP contribution in [0.15, 0.2) is 29.8 Å². The first-order valence-electron chi connectivity index (χ1n) is 17.8. The van der Waals surface area contributed by atoms with Gasteiger partial charge in [-0.15, -0.1) is 0 Å². The van der Waals surface area contributed by atoms with E-state index in [1.54, 1.807) is 0 Å². The molecule has 0 radical (unpaired) electrons. The van der Waals surface area contributed by atoms with Gasteiger partial charge in [-0.1, -0.05) is 65.5 Å². The van der Waals surface area contributed by atoms with Crippen LogP contribution < -0.4 is 11.5 Å². The number of allylic oxidation sites excluding steroid dienone is 1. The lowest BCUT2D eigenvalue weighted by Gasteiger charge is -2.58. The number of halogens is 8. The first kappa shape index (κ1) is 38.2. The zero-order chi connectivity index (χ0) is 36.4. The molecule has 3 fully saturated rings. The van der Waals surface area contributed by atoms with Gasteiger partial charge in [-0.3, -0.25) is 0 Å². The molecule has 0 unspecified atom stereocenters. The Hall–Kier alpha value is -2.08. The fraction of sp³-hybridized carbons (Fsp3) is 0.784. The highest BCUT2D eigenvalue weighted by Gasteiger charge is 2.82. The zero-order valence-electron chi connectivity index (χ0n) is 29.1. The molecule has 12 heteroatoms. The molecular formula is C37H52F8N2O2. The number of hydrogen-bond donors (Lipinski definition) is 2. The van der Waals surface area contributed by atoms with Gasteiger partial charge >= 0.3 is 23.9 Å². The van der Waals surface area contributed by atoms with Crippen molar-refractivity contribution in [2.24, 2.45) is 46.3 Å². The number of benzene rings is 1. The molecule has 0 spiro atoms. The monoisotopic (exact) mass is 708 g/mol. The van der Waals surface area contributed by atoms with E-state index in [1.807, 2.05) is 0 Å². The molecule has 8 atom stereocenters. The van der Waals surface area contributed by atoms with Crippen LogP contribution in [0.3, 0.4) is 0 Å². The molecule has 3 saturated carbocycles. The SMILES string of the molecule is CC(C)CCC[C@@H](C)[C@H]1CC[C@H]2[C@@H]3CC=C4C[C@@H](OOC(F)(F)C(F)(F)C(F)(F)C(F)(F)c5cc(N)cc(N)c5)CC[C@]4(C)[C@H]3CC[C@]12C. The number of nitrogen functional groups attached to an aromatic ring is 2. The highest BCUT2D eigenvalue weighted by atomic mass is 19.4. The van der Waals surface area contributed by atoms with Crippen molar-refractivity contribution in [2.45, 2.75) is 135 Å². The molecule has 0 aliphatic heterocycles. The van der Waals surface area contributed by atoms with E-state index < -0.39 is 46.9 Å². The summed E-state index contributed by atoms with van der Waals surface area (Å²) in [5.74, 6) is -15.6. The third kappa shape index (κ3) is 6.48. The summed E-state index contributed by atoms with van der Waals surface area (Å²) in [6, 6.07) is 1.46. The van der Waals surface area contributed by atoms with E-state index in [0.29, 0.717) is 41.9 Å². The maximum absolute atomic E-state index is 14.7. The normalized spacial score (nSPS) is 33.1. The van der Waals surface area contributed by atoms with Gasteiger partial charge < -0.3 is 11.5 Å². The van der Waals surface area contributed by atoms with Crippen molar-refractivity contribution in [3.63, 3.8) is 0 Å². The van der Waals surface area contributed by atoms with Crippen LogP contribution in [-0.2, 0) is 15.7 Å². The number of anilines is 2. The first-order valence-corrected chi connectivity index (χ1v) is 17.8. The van der Waals surface area contributed by atoms with Crippen LogP contribution in [-0.4, -0.2) is 24.1 Å². The van der Waals surface area contributed by atoms with Gasteiger partial charge in [0, 0.05) is 16.9 Å². The van der Waals surface area contributed by atoms with Crippen molar-refractivity contribution in [1.82, 2.24) is 0 Å². The minimum atomic E-state index is -6.68. The molecule has 4 aliphatic carbocycles. The van der Waals surface area contributed by atoms with Crippen molar-refractivity contribution >= 4 is 11.4 Å². The third-order valence-corrected chi connectivity index (χ3v) is 13.0. The Kier molecular flexibility index (Phi) is 10.2. The van der Waals surface area contributed by atoms with Gasteiger partial charge in [0.15, 0.2) is 0 Å². The molecule has 49 heavy (non-hydrogen) atoms. The molecule has 4 nitrogen and oxygen atoms in total. The van der Waals surface area contributed by atoms with Crippen molar-refractivity contribution < 1.29 is 44.9 Å². The van der Waals surface area contributed by atoms with Crippen LogP contribution in [0.5, 0.6) is 0 Å². The number of fused-ring (bicyclic) bond motifs is 5. The standard InChI is InChI=1S/C37H52F8N2O2/c1-21(2)7-6-8-22(3)29-11-12-30-28-10-9-23-19-27(13-15-32(23,4)31(28)14-16-33(29,30)5)48-49-37(44,45)36(42,43)35(40,41)34(38,39)24-17-25(46)20-26(47)18-24/h9,17-18,20-22,27-31H,6-8,10-16,19,46-47H2,1-5H3/t22-,27+,28+,29-,30+,31+,32+,33-/m1/s1. The molecule has 1 aromatic rings. The summed E-state index contributed by atoms with van der Waals surface area (Å²) in [5.41, 5.74) is 8.84. The lowest BCUT2D eigenvalue weighted by atomic mass is 9.47. The summed E-state index contributed by atoms with van der Waals surface area (Å²) in [4.78, 5) is 8.39.